The SMILES string of the molecule is C[C@@H](OCC1(c2ccccc2)CCC(CC(=O)O)(N2C=NCC2=O)CC1)c1cc(CF)cc(CF)c1.C[C@@H](OC[C@@]1(c2ccccc2)CC[C@](CC(N)=O)(N2C=NCC2=O)CN1)c1cc(CF)cc(CF)c1.C[C@@H](OC[C@@]1(c2ccccc2)CC[C@](CC(N)=O)(N2C=NCC2=O)CN1)c1cc(CF)cc(CF)c1. The average Bonchev–Trinajstić information content (AvgIpc) is 1.73. The van der Waals surface area contributed by atoms with Crippen LogP contribution in [0.15, 0.2) is 161 Å². The maximum Gasteiger partial charge on any atom is 0.305 e. The van der Waals surface area contributed by atoms with Gasteiger partial charge in [0.05, 0.1) is 104 Å². The lowest BCUT2D eigenvalue weighted by molar-refractivity contribution is -0.143. The summed E-state index contributed by atoms with van der Waals surface area (Å²) < 4.78 is 98.9. The van der Waals surface area contributed by atoms with Crippen LogP contribution in [0.25, 0.3) is 0 Å². The Morgan fingerprint density at radius 1 is 0.426 bits per heavy atom. The van der Waals surface area contributed by atoms with Crippen molar-refractivity contribution in [2.24, 2.45) is 26.4 Å². The Balaban J connectivity index is 0.000000173. The number of primary amides is 2. The van der Waals surface area contributed by atoms with Gasteiger partial charge in [-0.15, -0.1) is 0 Å². The fourth-order valence-corrected chi connectivity index (χ4v) is 16.0. The third-order valence-corrected chi connectivity index (χ3v) is 22.1. The van der Waals surface area contributed by atoms with Gasteiger partial charge in [0.2, 0.25) is 29.5 Å². The summed E-state index contributed by atoms with van der Waals surface area (Å²) >= 11 is 0. The largest absolute Gasteiger partial charge is 0.481 e. The second-order valence-corrected chi connectivity index (χ2v) is 29.3. The molecule has 6 aliphatic rings. The molecule has 12 rings (SSSR count). The Morgan fingerprint density at radius 2 is 0.722 bits per heavy atom. The zero-order chi connectivity index (χ0) is 77.3. The number of rotatable bonds is 30. The molecule has 0 aromatic heterocycles. The highest BCUT2D eigenvalue weighted by Crippen LogP contribution is 2.49. The van der Waals surface area contributed by atoms with E-state index in [-0.39, 0.29) is 75.9 Å². The predicted octanol–water partition coefficient (Wildman–Crippen LogP) is 12.2. The lowest BCUT2D eigenvalue weighted by Crippen LogP contribution is -2.65. The summed E-state index contributed by atoms with van der Waals surface area (Å²) in [6.45, 7) is 3.25. The molecule has 0 spiro atoms. The third kappa shape index (κ3) is 19.0. The molecule has 1 aliphatic carbocycles. The van der Waals surface area contributed by atoms with Crippen LogP contribution in [0.5, 0.6) is 0 Å². The van der Waals surface area contributed by atoms with Crippen molar-refractivity contribution in [3.63, 3.8) is 0 Å². The molecule has 2 saturated heterocycles. The summed E-state index contributed by atoms with van der Waals surface area (Å²) in [6, 6.07) is 44.4. The van der Waals surface area contributed by atoms with Gasteiger partial charge in [-0.2, -0.15) is 0 Å². The summed E-state index contributed by atoms with van der Waals surface area (Å²) in [5, 5.41) is 16.8. The minimum absolute atomic E-state index is 0.0158. The van der Waals surface area contributed by atoms with Crippen molar-refractivity contribution in [2.75, 3.05) is 52.5 Å². The van der Waals surface area contributed by atoms with E-state index in [1.165, 1.54) is 42.1 Å². The molecule has 3 fully saturated rings. The van der Waals surface area contributed by atoms with Crippen molar-refractivity contribution in [3.05, 3.63) is 212 Å². The number of halogens is 6. The van der Waals surface area contributed by atoms with Gasteiger partial charge in [0.15, 0.2) is 0 Å². The smallest absolute Gasteiger partial charge is 0.305 e. The lowest BCUT2D eigenvalue weighted by atomic mass is 9.63. The van der Waals surface area contributed by atoms with Gasteiger partial charge >= 0.3 is 5.97 Å². The second kappa shape index (κ2) is 36.2. The Bertz CT molecular complexity index is 3700. The molecular weight excluding hydrogens is 1400 g/mol. The number of carbonyl (C=O) groups is 6. The highest BCUT2D eigenvalue weighted by Gasteiger charge is 2.53. The fraction of sp³-hybridized carbons (Fsp3) is 0.451. The number of nitrogens with one attached hydrogen (secondary N) is 2. The molecule has 576 valence electrons. The van der Waals surface area contributed by atoms with E-state index < -0.39 is 103 Å². The molecule has 20 nitrogen and oxygen atoms in total. The van der Waals surface area contributed by atoms with E-state index in [1.807, 2.05) is 112 Å². The van der Waals surface area contributed by atoms with E-state index in [4.69, 9.17) is 25.7 Å². The molecule has 5 amide bonds. The number of aliphatic carboxylic acids is 1. The molecule has 1 saturated carbocycles. The third-order valence-electron chi connectivity index (χ3n) is 22.1. The number of hydrogen-bond acceptors (Lipinski definition) is 14. The van der Waals surface area contributed by atoms with Gasteiger partial charge in [-0.05, 0) is 139 Å². The quantitative estimate of drug-likeness (QED) is 0.0263. The number of aliphatic imine (C=N–C) groups is 3. The van der Waals surface area contributed by atoms with Crippen LogP contribution in [0, 0.1) is 0 Å². The maximum atomic E-state index is 13.3. The minimum atomic E-state index is -0.948. The summed E-state index contributed by atoms with van der Waals surface area (Å²) in [5.74, 6) is -2.42. The van der Waals surface area contributed by atoms with Crippen LogP contribution in [-0.2, 0) is 99.5 Å². The number of carboxylic acid groups (broad SMARTS) is 1. The number of amides is 5. The number of alkyl halides is 6. The number of benzene rings is 6. The number of ether oxygens (including phenoxy) is 3. The van der Waals surface area contributed by atoms with Crippen LogP contribution in [-0.4, -0.2) is 143 Å². The molecule has 6 aromatic carbocycles. The van der Waals surface area contributed by atoms with Crippen LogP contribution < -0.4 is 22.1 Å². The zero-order valence-electron chi connectivity index (χ0n) is 61.2. The van der Waals surface area contributed by atoms with Crippen molar-refractivity contribution in [2.45, 2.75) is 183 Å². The molecule has 6 aromatic rings. The van der Waals surface area contributed by atoms with Crippen LogP contribution in [0.3, 0.4) is 0 Å². The highest BCUT2D eigenvalue weighted by molar-refractivity contribution is 5.97. The van der Waals surface area contributed by atoms with Crippen molar-refractivity contribution >= 4 is 54.5 Å². The van der Waals surface area contributed by atoms with Crippen molar-refractivity contribution in [1.29, 1.82) is 0 Å². The molecule has 0 unspecified atom stereocenters. The zero-order valence-corrected chi connectivity index (χ0v) is 61.2. The molecule has 5 heterocycles. The molecule has 108 heavy (non-hydrogen) atoms. The predicted molar refractivity (Wildman–Crippen MR) is 397 cm³/mol. The topological polar surface area (TPSA) is 273 Å². The first kappa shape index (κ1) is 81.1. The second-order valence-electron chi connectivity index (χ2n) is 29.3. The molecular formula is C82H96F6N10O10. The maximum absolute atomic E-state index is 13.3. The number of carbonyl (C=O) groups excluding carboxylic acids is 5. The van der Waals surface area contributed by atoms with Gasteiger partial charge in [-0.1, -0.05) is 146 Å². The average molecular weight is 1500 g/mol. The van der Waals surface area contributed by atoms with Crippen LogP contribution in [0.1, 0.15) is 176 Å². The van der Waals surface area contributed by atoms with Crippen molar-refractivity contribution < 1.29 is 74.4 Å². The number of nitrogens with zero attached hydrogens (tertiary/aromatic N) is 6. The summed E-state index contributed by atoms with van der Waals surface area (Å²) in [5.41, 5.74) is 14.9. The number of hydrogen-bond donors (Lipinski definition) is 5. The standard InChI is InChI=1S/C28H32F2N2O4.2C27H32F2N4O3/c1-20(23-12-21(15-29)11-22(13-23)16-30)36-18-27(24-5-3-2-4-6-24)7-9-28(10-8-27,14-26(34)35)32-19-31-17-25(32)33;2*1-19(22-10-20(13-28)9-21(11-22)14-29)36-17-27(23-5-3-2-4-6-23)8-7-26(16-32-27,12-24(30)34)33-18-31-15-25(33)35/h2-6,11-13,19-20H,7-10,14-18H2,1H3,(H,34,35);2*2-6,9-11,18-19,32H,7-8,12-17H2,1H3,(H2,30,34)/t20-,27?,28?;2*19-,26-,27-/m111/s1. The molecule has 26 heteroatoms. The molecule has 7 atom stereocenters. The monoisotopic (exact) mass is 1490 g/mol. The molecule has 0 radical (unpaired) electrons. The van der Waals surface area contributed by atoms with Gasteiger partial charge in [0.25, 0.3) is 0 Å². The summed E-state index contributed by atoms with van der Waals surface area (Å²) in [7, 11) is 0. The summed E-state index contributed by atoms with van der Waals surface area (Å²) in [6.07, 6.45) is 7.55. The van der Waals surface area contributed by atoms with E-state index in [0.717, 1.165) is 22.3 Å². The van der Waals surface area contributed by atoms with E-state index >= 15 is 0 Å². The van der Waals surface area contributed by atoms with Gasteiger partial charge in [0.1, 0.15) is 59.7 Å². The first-order valence-electron chi connectivity index (χ1n) is 36.4. The van der Waals surface area contributed by atoms with Crippen molar-refractivity contribution in [1.82, 2.24) is 25.3 Å². The van der Waals surface area contributed by atoms with Gasteiger partial charge in [0, 0.05) is 18.5 Å². The first-order chi connectivity index (χ1) is 51.9. The van der Waals surface area contributed by atoms with E-state index in [0.29, 0.717) is 116 Å². The Hall–Kier alpha value is -9.47. The van der Waals surface area contributed by atoms with Crippen LogP contribution >= 0.6 is 0 Å². The van der Waals surface area contributed by atoms with Gasteiger partial charge < -0.3 is 41.4 Å². The lowest BCUT2D eigenvalue weighted by Gasteiger charge is -2.50. The summed E-state index contributed by atoms with van der Waals surface area (Å²) in [4.78, 5) is 90.1. The van der Waals surface area contributed by atoms with Crippen LogP contribution in [0.2, 0.25) is 0 Å². The van der Waals surface area contributed by atoms with E-state index in [1.54, 1.807) is 46.2 Å². The minimum Gasteiger partial charge on any atom is -0.481 e. The van der Waals surface area contributed by atoms with Gasteiger partial charge in [-0.3, -0.25) is 58.4 Å². The Labute approximate surface area is 625 Å². The number of piperidine rings is 2. The fourth-order valence-electron chi connectivity index (χ4n) is 16.0. The molecule has 0 bridgehead atoms. The number of carboxylic acids is 1. The van der Waals surface area contributed by atoms with E-state index in [9.17, 15) is 60.2 Å². The molecule has 7 N–H and O–H groups in total. The highest BCUT2D eigenvalue weighted by atomic mass is 19.1. The Morgan fingerprint density at radius 3 is 0.991 bits per heavy atom. The van der Waals surface area contributed by atoms with Gasteiger partial charge in [-0.25, -0.2) is 26.3 Å². The van der Waals surface area contributed by atoms with Crippen molar-refractivity contribution in [3.8, 4) is 0 Å². The number of nitrogens with two attached hydrogens (primary N) is 2. The van der Waals surface area contributed by atoms with E-state index in [2.05, 4.69) is 25.6 Å². The van der Waals surface area contributed by atoms with Crippen LogP contribution in [0.4, 0.5) is 26.3 Å². The molecule has 5 aliphatic heterocycles. The Kier molecular flexibility index (Phi) is 27.1. The normalized spacial score (nSPS) is 24.8. The first-order valence-corrected chi connectivity index (χ1v) is 36.4.